The smallest absolute Gasteiger partial charge is 0.235 e. The Kier molecular flexibility index (Phi) is 6.42. The molecule has 52 heavy (non-hydrogen) atoms. The van der Waals surface area contributed by atoms with Crippen LogP contribution in [-0.4, -0.2) is 14.5 Å². The van der Waals surface area contributed by atoms with Crippen molar-refractivity contribution in [3.63, 3.8) is 0 Å². The zero-order valence-electron chi connectivity index (χ0n) is 28.0. The summed E-state index contributed by atoms with van der Waals surface area (Å²) in [6, 6.07) is 63.2. The molecule has 0 bridgehead atoms. The molecule has 0 radical (unpaired) electrons. The molecule has 8 aromatic carbocycles. The van der Waals surface area contributed by atoms with Gasteiger partial charge >= 0.3 is 0 Å². The summed E-state index contributed by atoms with van der Waals surface area (Å²) in [7, 11) is 0. The van der Waals surface area contributed by atoms with Crippen molar-refractivity contribution in [3.8, 4) is 39.5 Å². The van der Waals surface area contributed by atoms with Gasteiger partial charge in [0.15, 0.2) is 0 Å². The first-order valence-corrected chi connectivity index (χ1v) is 18.4. The molecule has 0 aliphatic carbocycles. The lowest BCUT2D eigenvalue weighted by Crippen LogP contribution is -2.04. The van der Waals surface area contributed by atoms with Crippen LogP contribution in [0.4, 0.5) is 0 Å². The van der Waals surface area contributed by atoms with Crippen molar-refractivity contribution in [2.24, 2.45) is 0 Å². The first-order chi connectivity index (χ1) is 25.8. The van der Waals surface area contributed by atoms with Gasteiger partial charge in [-0.3, -0.25) is 4.57 Å². The molecule has 0 N–H and O–H groups in total. The van der Waals surface area contributed by atoms with Crippen molar-refractivity contribution in [2.45, 2.75) is 0 Å². The standard InChI is InChI=1S/C48H29N3S/c1-3-13-30(14-4-1)38-28-41-42(29-39(38)34-23-24-37-36-20-10-12-22-45(36)52-46(37)27-34)49-48(50-47(41)31-15-5-2-6-16-31)51-43-21-11-9-19-35(43)40-25-32-17-7-8-18-33(32)26-44(40)51/h1-29H. The molecular formula is C48H29N3S. The summed E-state index contributed by atoms with van der Waals surface area (Å²) in [6.45, 7) is 0. The van der Waals surface area contributed by atoms with E-state index in [0.29, 0.717) is 5.95 Å². The summed E-state index contributed by atoms with van der Waals surface area (Å²) >= 11 is 1.85. The van der Waals surface area contributed by atoms with Gasteiger partial charge in [0.05, 0.1) is 22.2 Å². The molecule has 0 aliphatic rings. The van der Waals surface area contributed by atoms with Crippen LogP contribution in [0.2, 0.25) is 0 Å². The molecule has 0 amide bonds. The zero-order chi connectivity index (χ0) is 34.2. The van der Waals surface area contributed by atoms with Crippen LogP contribution in [0.15, 0.2) is 176 Å². The van der Waals surface area contributed by atoms with Crippen LogP contribution in [0.5, 0.6) is 0 Å². The van der Waals surface area contributed by atoms with Crippen molar-refractivity contribution in [1.82, 2.24) is 14.5 Å². The molecular weight excluding hydrogens is 651 g/mol. The largest absolute Gasteiger partial charge is 0.278 e. The first kappa shape index (κ1) is 29.1. The quantitative estimate of drug-likeness (QED) is 0.185. The second kappa shape index (κ2) is 11.5. The fourth-order valence-electron chi connectivity index (χ4n) is 7.94. The van der Waals surface area contributed by atoms with E-state index in [-0.39, 0.29) is 0 Å². The number of rotatable bonds is 4. The predicted molar refractivity (Wildman–Crippen MR) is 221 cm³/mol. The summed E-state index contributed by atoms with van der Waals surface area (Å²) < 4.78 is 4.83. The molecule has 0 atom stereocenters. The Balaban J connectivity index is 1.24. The highest BCUT2D eigenvalue weighted by molar-refractivity contribution is 7.25. The Morgan fingerprint density at radius 3 is 1.87 bits per heavy atom. The average molecular weight is 680 g/mol. The summed E-state index contributed by atoms with van der Waals surface area (Å²) in [4.78, 5) is 10.9. The normalized spacial score (nSPS) is 11.8. The summed E-state index contributed by atoms with van der Waals surface area (Å²) in [5, 5.41) is 8.40. The molecule has 0 unspecified atom stereocenters. The molecule has 11 rings (SSSR count). The topological polar surface area (TPSA) is 30.7 Å². The Bertz CT molecular complexity index is 3180. The number of fused-ring (bicyclic) bond motifs is 8. The lowest BCUT2D eigenvalue weighted by atomic mass is 9.91. The average Bonchev–Trinajstić information content (AvgIpc) is 3.74. The third kappa shape index (κ3) is 4.51. The van der Waals surface area contributed by atoms with E-state index in [0.717, 1.165) is 49.9 Å². The van der Waals surface area contributed by atoms with Crippen LogP contribution < -0.4 is 0 Å². The van der Waals surface area contributed by atoms with Gasteiger partial charge in [-0.2, -0.15) is 0 Å². The predicted octanol–water partition coefficient (Wildman–Crippen LogP) is 13.2. The van der Waals surface area contributed by atoms with E-state index in [1.54, 1.807) is 0 Å². The SMILES string of the molecule is c1ccc(-c2cc3c(-c4ccccc4)nc(-n4c5ccccc5c5cc6ccccc6cc54)nc3cc2-c2ccc3c(c2)sc2ccccc23)cc1. The third-order valence-corrected chi connectivity index (χ3v) is 11.5. The van der Waals surface area contributed by atoms with Gasteiger partial charge < -0.3 is 0 Å². The van der Waals surface area contributed by atoms with Crippen LogP contribution in [-0.2, 0) is 0 Å². The molecule has 3 aromatic heterocycles. The van der Waals surface area contributed by atoms with Crippen molar-refractivity contribution >= 4 is 75.0 Å². The fourth-order valence-corrected chi connectivity index (χ4v) is 9.08. The van der Waals surface area contributed by atoms with Gasteiger partial charge in [0.1, 0.15) is 0 Å². The van der Waals surface area contributed by atoms with Crippen molar-refractivity contribution < 1.29 is 0 Å². The van der Waals surface area contributed by atoms with Crippen LogP contribution in [0.25, 0.3) is 103 Å². The lowest BCUT2D eigenvalue weighted by molar-refractivity contribution is 1.01. The van der Waals surface area contributed by atoms with Gasteiger partial charge in [0.25, 0.3) is 0 Å². The van der Waals surface area contributed by atoms with Crippen LogP contribution in [0.3, 0.4) is 0 Å². The molecule has 11 aromatic rings. The van der Waals surface area contributed by atoms with E-state index in [1.807, 2.05) is 11.3 Å². The second-order valence-corrected chi connectivity index (χ2v) is 14.5. The summed E-state index contributed by atoms with van der Waals surface area (Å²) in [6.07, 6.45) is 0. The van der Waals surface area contributed by atoms with Crippen molar-refractivity contribution in [3.05, 3.63) is 176 Å². The maximum Gasteiger partial charge on any atom is 0.235 e. The fraction of sp³-hybridized carbons (Fsp3) is 0. The van der Waals surface area contributed by atoms with E-state index >= 15 is 0 Å². The number of aromatic nitrogens is 3. The highest BCUT2D eigenvalue weighted by Gasteiger charge is 2.20. The maximum atomic E-state index is 5.46. The van der Waals surface area contributed by atoms with Gasteiger partial charge in [-0.15, -0.1) is 11.3 Å². The van der Waals surface area contributed by atoms with E-state index < -0.39 is 0 Å². The molecule has 0 spiro atoms. The van der Waals surface area contributed by atoms with Gasteiger partial charge in [-0.05, 0) is 75.5 Å². The van der Waals surface area contributed by atoms with Crippen LogP contribution in [0.1, 0.15) is 0 Å². The van der Waals surface area contributed by atoms with E-state index in [9.17, 15) is 0 Å². The summed E-state index contributed by atoms with van der Waals surface area (Å²) in [5.74, 6) is 0.659. The Labute approximate surface area is 303 Å². The van der Waals surface area contributed by atoms with E-state index in [4.69, 9.17) is 9.97 Å². The van der Waals surface area contributed by atoms with Gasteiger partial charge in [0, 0.05) is 41.9 Å². The van der Waals surface area contributed by atoms with Gasteiger partial charge in [0.2, 0.25) is 5.95 Å². The zero-order valence-corrected chi connectivity index (χ0v) is 28.8. The van der Waals surface area contributed by atoms with Crippen molar-refractivity contribution in [1.29, 1.82) is 0 Å². The summed E-state index contributed by atoms with van der Waals surface area (Å²) in [5.41, 5.74) is 9.69. The maximum absolute atomic E-state index is 5.46. The minimum absolute atomic E-state index is 0.659. The molecule has 0 aliphatic heterocycles. The number of para-hydroxylation sites is 1. The number of nitrogens with zero attached hydrogens (tertiary/aromatic N) is 3. The Hall–Kier alpha value is -6.62. The minimum atomic E-state index is 0.659. The molecule has 0 fully saturated rings. The number of hydrogen-bond donors (Lipinski definition) is 0. The van der Waals surface area contributed by atoms with Crippen molar-refractivity contribution in [2.75, 3.05) is 0 Å². The third-order valence-electron chi connectivity index (χ3n) is 10.4. The second-order valence-electron chi connectivity index (χ2n) is 13.4. The minimum Gasteiger partial charge on any atom is -0.278 e. The molecule has 4 heteroatoms. The van der Waals surface area contributed by atoms with Gasteiger partial charge in [-0.25, -0.2) is 9.97 Å². The number of benzene rings is 8. The van der Waals surface area contributed by atoms with E-state index in [1.165, 1.54) is 47.3 Å². The highest BCUT2D eigenvalue weighted by Crippen LogP contribution is 2.42. The Morgan fingerprint density at radius 2 is 1.04 bits per heavy atom. The van der Waals surface area contributed by atoms with Gasteiger partial charge in [-0.1, -0.05) is 133 Å². The Morgan fingerprint density at radius 1 is 0.385 bits per heavy atom. The molecule has 0 saturated carbocycles. The highest BCUT2D eigenvalue weighted by atomic mass is 32.1. The molecule has 3 heterocycles. The number of hydrogen-bond acceptors (Lipinski definition) is 3. The van der Waals surface area contributed by atoms with Crippen LogP contribution in [0, 0.1) is 0 Å². The molecule has 3 nitrogen and oxygen atoms in total. The monoisotopic (exact) mass is 679 g/mol. The van der Waals surface area contributed by atoms with E-state index in [2.05, 4.69) is 180 Å². The van der Waals surface area contributed by atoms with Crippen LogP contribution >= 0.6 is 11.3 Å². The number of thiophene rings is 1. The first-order valence-electron chi connectivity index (χ1n) is 17.6. The molecule has 0 saturated heterocycles. The lowest BCUT2D eigenvalue weighted by Gasteiger charge is -2.16. The molecule has 242 valence electrons.